The third-order valence-corrected chi connectivity index (χ3v) is 2.99. The Balaban J connectivity index is 1.58. The van der Waals surface area contributed by atoms with Crippen molar-refractivity contribution >= 4 is 6.21 Å². The first-order valence-corrected chi connectivity index (χ1v) is 5.91. The average Bonchev–Trinajstić information content (AvgIpc) is 2.78. The van der Waals surface area contributed by atoms with E-state index in [2.05, 4.69) is 15.3 Å². The molecule has 0 radical (unpaired) electrons. The Morgan fingerprint density at radius 1 is 1.50 bits per heavy atom. The van der Waals surface area contributed by atoms with E-state index in [0.29, 0.717) is 12.0 Å². The summed E-state index contributed by atoms with van der Waals surface area (Å²) in [4.78, 5) is 4.39. The fraction of sp³-hybridized carbons (Fsp3) is 0.727. The highest BCUT2D eigenvalue weighted by Crippen LogP contribution is 2.23. The van der Waals surface area contributed by atoms with E-state index in [4.69, 9.17) is 4.74 Å². The van der Waals surface area contributed by atoms with Crippen LogP contribution in [-0.2, 0) is 11.3 Å². The van der Waals surface area contributed by atoms with Crippen LogP contribution in [0.25, 0.3) is 0 Å². The second kappa shape index (κ2) is 4.33. The maximum atomic E-state index is 5.34. The summed E-state index contributed by atoms with van der Waals surface area (Å²) in [6.45, 7) is 2.64. The average molecular weight is 220 g/mol. The maximum Gasteiger partial charge on any atom is 0.123 e. The van der Waals surface area contributed by atoms with Gasteiger partial charge in [-0.1, -0.05) is 5.21 Å². The van der Waals surface area contributed by atoms with Gasteiger partial charge < -0.3 is 4.74 Å². The second-order valence-corrected chi connectivity index (χ2v) is 4.60. The molecule has 1 aliphatic heterocycles. The highest BCUT2D eigenvalue weighted by Gasteiger charge is 2.19. The molecule has 1 atom stereocenters. The van der Waals surface area contributed by atoms with Crippen molar-refractivity contribution in [3.05, 3.63) is 11.9 Å². The lowest BCUT2D eigenvalue weighted by molar-refractivity contribution is 0.181. The molecule has 0 N–H and O–H groups in total. The molecular weight excluding hydrogens is 204 g/mol. The lowest BCUT2D eigenvalue weighted by Crippen LogP contribution is -2.11. The molecule has 1 aromatic heterocycles. The number of aliphatic imine (C=N–C) groups is 1. The van der Waals surface area contributed by atoms with E-state index in [1.165, 1.54) is 12.8 Å². The van der Waals surface area contributed by atoms with Gasteiger partial charge in [0.2, 0.25) is 0 Å². The van der Waals surface area contributed by atoms with Crippen molar-refractivity contribution in [2.24, 2.45) is 10.9 Å². The predicted molar refractivity (Wildman–Crippen MR) is 59.6 cm³/mol. The third kappa shape index (κ3) is 2.47. The lowest BCUT2D eigenvalue weighted by atomic mass is 10.1. The summed E-state index contributed by atoms with van der Waals surface area (Å²) in [7, 11) is 0. The van der Waals surface area contributed by atoms with Crippen LogP contribution >= 0.6 is 0 Å². The molecule has 0 bridgehead atoms. The van der Waals surface area contributed by atoms with Gasteiger partial charge >= 0.3 is 0 Å². The Bertz CT molecular complexity index is 377. The van der Waals surface area contributed by atoms with E-state index in [0.717, 1.165) is 31.9 Å². The number of rotatable bonds is 4. The molecule has 0 unspecified atom stereocenters. The SMILES string of the molecule is C(=NC1CC1)c1cn(C[C@H]2CCOC2)nn1. The smallest absolute Gasteiger partial charge is 0.123 e. The van der Waals surface area contributed by atoms with Gasteiger partial charge in [-0.25, -0.2) is 0 Å². The molecule has 16 heavy (non-hydrogen) atoms. The molecule has 2 fully saturated rings. The molecule has 5 nitrogen and oxygen atoms in total. The molecule has 0 spiro atoms. The van der Waals surface area contributed by atoms with Crippen LogP contribution in [0.3, 0.4) is 0 Å². The van der Waals surface area contributed by atoms with Gasteiger partial charge in [-0.15, -0.1) is 5.10 Å². The van der Waals surface area contributed by atoms with E-state index in [9.17, 15) is 0 Å². The Hall–Kier alpha value is -1.23. The molecule has 2 aliphatic rings. The number of hydrogen-bond donors (Lipinski definition) is 0. The van der Waals surface area contributed by atoms with Gasteiger partial charge in [-0.2, -0.15) is 0 Å². The van der Waals surface area contributed by atoms with Gasteiger partial charge in [-0.05, 0) is 19.3 Å². The second-order valence-electron chi connectivity index (χ2n) is 4.60. The maximum absolute atomic E-state index is 5.34. The topological polar surface area (TPSA) is 52.3 Å². The summed E-state index contributed by atoms with van der Waals surface area (Å²) in [5.74, 6) is 0.593. The molecule has 86 valence electrons. The normalized spacial score (nSPS) is 25.6. The van der Waals surface area contributed by atoms with Crippen molar-refractivity contribution in [3.63, 3.8) is 0 Å². The fourth-order valence-electron chi connectivity index (χ4n) is 1.86. The van der Waals surface area contributed by atoms with Gasteiger partial charge in [0.25, 0.3) is 0 Å². The van der Waals surface area contributed by atoms with Crippen molar-refractivity contribution in [3.8, 4) is 0 Å². The van der Waals surface area contributed by atoms with Crippen molar-refractivity contribution in [2.45, 2.75) is 31.8 Å². The number of hydrogen-bond acceptors (Lipinski definition) is 4. The molecule has 5 heteroatoms. The summed E-state index contributed by atoms with van der Waals surface area (Å²) in [6, 6.07) is 0.549. The zero-order valence-electron chi connectivity index (χ0n) is 9.25. The van der Waals surface area contributed by atoms with Gasteiger partial charge in [0.05, 0.1) is 25.1 Å². The lowest BCUT2D eigenvalue weighted by Gasteiger charge is -2.05. The summed E-state index contributed by atoms with van der Waals surface area (Å²) < 4.78 is 7.23. The molecule has 1 saturated carbocycles. The Labute approximate surface area is 94.5 Å². The van der Waals surface area contributed by atoms with Crippen molar-refractivity contribution in [1.82, 2.24) is 15.0 Å². The van der Waals surface area contributed by atoms with Gasteiger partial charge in [-0.3, -0.25) is 9.67 Å². The highest BCUT2D eigenvalue weighted by atomic mass is 16.5. The van der Waals surface area contributed by atoms with E-state index >= 15 is 0 Å². The van der Waals surface area contributed by atoms with Gasteiger partial charge in [0, 0.05) is 19.1 Å². The fourth-order valence-corrected chi connectivity index (χ4v) is 1.86. The minimum Gasteiger partial charge on any atom is -0.381 e. The summed E-state index contributed by atoms with van der Waals surface area (Å²) in [5, 5.41) is 8.18. The molecule has 1 aliphatic carbocycles. The van der Waals surface area contributed by atoms with E-state index in [1.54, 1.807) is 0 Å². The summed E-state index contributed by atoms with van der Waals surface area (Å²) >= 11 is 0. The standard InChI is InChI=1S/C11H16N4O/c1-2-10(1)12-5-11-7-15(14-13-11)6-9-3-4-16-8-9/h5,7,9-10H,1-4,6,8H2/t9-/m1/s1. The summed E-state index contributed by atoms with van der Waals surface area (Å²) in [5.41, 5.74) is 0.866. The highest BCUT2D eigenvalue weighted by molar-refractivity contribution is 5.76. The minimum atomic E-state index is 0.549. The van der Waals surface area contributed by atoms with Gasteiger partial charge in [0.1, 0.15) is 5.69 Å². The van der Waals surface area contributed by atoms with Crippen LogP contribution in [-0.4, -0.2) is 40.5 Å². The van der Waals surface area contributed by atoms with Crippen LogP contribution in [0, 0.1) is 5.92 Å². The van der Waals surface area contributed by atoms with Crippen molar-refractivity contribution < 1.29 is 4.74 Å². The molecule has 1 saturated heterocycles. The van der Waals surface area contributed by atoms with Crippen LogP contribution in [0.4, 0.5) is 0 Å². The number of nitrogens with zero attached hydrogens (tertiary/aromatic N) is 4. The number of aromatic nitrogens is 3. The van der Waals surface area contributed by atoms with Crippen LogP contribution in [0.5, 0.6) is 0 Å². The first kappa shape index (κ1) is 9.96. The number of ether oxygens (including phenoxy) is 1. The zero-order valence-corrected chi connectivity index (χ0v) is 9.25. The van der Waals surface area contributed by atoms with Crippen LogP contribution < -0.4 is 0 Å². The van der Waals surface area contributed by atoms with E-state index in [-0.39, 0.29) is 0 Å². The molecule has 0 aromatic carbocycles. The third-order valence-electron chi connectivity index (χ3n) is 2.99. The summed E-state index contributed by atoms with van der Waals surface area (Å²) in [6.07, 6.45) is 7.38. The Kier molecular flexibility index (Phi) is 2.70. The van der Waals surface area contributed by atoms with Crippen molar-refractivity contribution in [1.29, 1.82) is 0 Å². The zero-order chi connectivity index (χ0) is 10.8. The van der Waals surface area contributed by atoms with Crippen LogP contribution in [0.1, 0.15) is 25.0 Å². The predicted octanol–water partition coefficient (Wildman–Crippen LogP) is 0.896. The minimum absolute atomic E-state index is 0.549. The first-order chi connectivity index (χ1) is 7.90. The van der Waals surface area contributed by atoms with Crippen molar-refractivity contribution in [2.75, 3.05) is 13.2 Å². The molecular formula is C11H16N4O. The van der Waals surface area contributed by atoms with Gasteiger partial charge in [0.15, 0.2) is 0 Å². The monoisotopic (exact) mass is 220 g/mol. The van der Waals surface area contributed by atoms with Crippen LogP contribution in [0.2, 0.25) is 0 Å². The van der Waals surface area contributed by atoms with E-state index in [1.807, 2.05) is 17.1 Å². The molecule has 2 heterocycles. The quantitative estimate of drug-likeness (QED) is 0.708. The molecule has 0 amide bonds. The molecule has 1 aromatic rings. The largest absolute Gasteiger partial charge is 0.381 e. The Morgan fingerprint density at radius 3 is 3.19 bits per heavy atom. The Morgan fingerprint density at radius 2 is 2.44 bits per heavy atom. The van der Waals surface area contributed by atoms with E-state index < -0.39 is 0 Å². The molecule has 3 rings (SSSR count). The van der Waals surface area contributed by atoms with Crippen LogP contribution in [0.15, 0.2) is 11.2 Å². The first-order valence-electron chi connectivity index (χ1n) is 5.91.